The maximum Gasteiger partial charge on any atom is 0.418 e. The van der Waals surface area contributed by atoms with E-state index in [1.165, 1.54) is 42.5 Å². The Labute approximate surface area is 147 Å². The number of benzene rings is 2. The number of hydrogen-bond donors (Lipinski definition) is 1. The molecule has 0 aliphatic heterocycles. The van der Waals surface area contributed by atoms with Crippen LogP contribution < -0.4 is 5.32 Å². The van der Waals surface area contributed by atoms with E-state index in [4.69, 9.17) is 16.9 Å². The van der Waals surface area contributed by atoms with Gasteiger partial charge in [-0.2, -0.15) is 18.4 Å². The maximum absolute atomic E-state index is 12.9. The van der Waals surface area contributed by atoms with Gasteiger partial charge in [-0.25, -0.2) is 8.42 Å². The van der Waals surface area contributed by atoms with Crippen LogP contribution >= 0.6 is 11.6 Å². The molecule has 9 heteroatoms. The van der Waals surface area contributed by atoms with E-state index in [-0.39, 0.29) is 10.6 Å². The van der Waals surface area contributed by atoms with Crippen molar-refractivity contribution in [2.75, 3.05) is 5.32 Å². The zero-order valence-electron chi connectivity index (χ0n) is 12.4. The largest absolute Gasteiger partial charge is 0.418 e. The van der Waals surface area contributed by atoms with E-state index in [0.717, 1.165) is 18.3 Å². The third-order valence-electron chi connectivity index (χ3n) is 3.11. The second-order valence-electron chi connectivity index (χ2n) is 4.77. The van der Waals surface area contributed by atoms with Crippen molar-refractivity contribution in [2.45, 2.75) is 11.1 Å². The smallest absolute Gasteiger partial charge is 0.359 e. The van der Waals surface area contributed by atoms with Crippen LogP contribution in [0, 0.1) is 11.3 Å². The molecule has 2 aromatic rings. The van der Waals surface area contributed by atoms with Crippen molar-refractivity contribution in [1.29, 1.82) is 5.26 Å². The van der Waals surface area contributed by atoms with Crippen molar-refractivity contribution >= 4 is 27.1 Å². The first kappa shape index (κ1) is 18.8. The van der Waals surface area contributed by atoms with Gasteiger partial charge in [0, 0.05) is 11.2 Å². The molecule has 0 unspecified atom stereocenters. The zero-order chi connectivity index (χ0) is 18.7. The average Bonchev–Trinajstić information content (AvgIpc) is 2.55. The summed E-state index contributed by atoms with van der Waals surface area (Å²) in [5.41, 5.74) is -1.35. The lowest BCUT2D eigenvalue weighted by Gasteiger charge is -2.12. The van der Waals surface area contributed by atoms with Gasteiger partial charge in [0.05, 0.1) is 16.1 Å². The fraction of sp³-hybridized carbons (Fsp3) is 0.0625. The number of nitriles is 1. The quantitative estimate of drug-likeness (QED) is 0.779. The Kier molecular flexibility index (Phi) is 5.40. The monoisotopic (exact) mass is 386 g/mol. The van der Waals surface area contributed by atoms with Gasteiger partial charge in [0.2, 0.25) is 9.84 Å². The van der Waals surface area contributed by atoms with E-state index in [1.54, 1.807) is 0 Å². The second-order valence-corrected chi connectivity index (χ2v) is 7.12. The highest BCUT2D eigenvalue weighted by molar-refractivity contribution is 7.95. The Morgan fingerprint density at radius 2 is 1.72 bits per heavy atom. The number of anilines is 1. The van der Waals surface area contributed by atoms with Gasteiger partial charge in [-0.15, -0.1) is 0 Å². The fourth-order valence-electron chi connectivity index (χ4n) is 1.91. The third-order valence-corrected chi connectivity index (χ3v) is 5.05. The molecule has 2 rings (SSSR count). The number of allylic oxidation sites excluding steroid dienone is 1. The Morgan fingerprint density at radius 1 is 1.12 bits per heavy atom. The van der Waals surface area contributed by atoms with E-state index in [9.17, 15) is 21.6 Å². The highest BCUT2D eigenvalue weighted by Gasteiger charge is 2.33. The number of halogens is 4. The van der Waals surface area contributed by atoms with Crippen LogP contribution in [0.3, 0.4) is 0 Å². The molecule has 0 spiro atoms. The molecule has 0 bridgehead atoms. The van der Waals surface area contributed by atoms with Gasteiger partial charge < -0.3 is 5.32 Å². The molecular formula is C16H10ClF3N2O2S. The molecule has 2 aromatic carbocycles. The van der Waals surface area contributed by atoms with Crippen LogP contribution in [0.5, 0.6) is 0 Å². The van der Waals surface area contributed by atoms with Gasteiger partial charge in [-0.05, 0) is 36.4 Å². The number of rotatable bonds is 4. The Bertz CT molecular complexity index is 947. The Hall–Kier alpha value is -2.50. The predicted octanol–water partition coefficient (Wildman–Crippen LogP) is 4.61. The molecule has 0 aliphatic carbocycles. The standard InChI is InChI=1S/C16H10ClF3N2O2S/c17-11-5-7-12(8-6-11)25(23,24)13(9-21)10-22-15-4-2-1-3-14(15)16(18,19)20/h1-8,10,22H. The number of nitrogens with zero attached hydrogens (tertiary/aromatic N) is 1. The van der Waals surface area contributed by atoms with Crippen LogP contribution in [0.15, 0.2) is 64.5 Å². The second kappa shape index (κ2) is 7.17. The summed E-state index contributed by atoms with van der Waals surface area (Å²) in [4.78, 5) is -0.928. The molecule has 130 valence electrons. The van der Waals surface area contributed by atoms with Crippen molar-refractivity contribution in [3.8, 4) is 6.07 Å². The van der Waals surface area contributed by atoms with E-state index in [1.807, 2.05) is 0 Å². The molecule has 0 saturated heterocycles. The molecule has 0 heterocycles. The Morgan fingerprint density at radius 3 is 2.28 bits per heavy atom. The van der Waals surface area contributed by atoms with Gasteiger partial charge in [-0.1, -0.05) is 23.7 Å². The van der Waals surface area contributed by atoms with E-state index < -0.39 is 26.5 Å². The molecule has 0 aromatic heterocycles. The summed E-state index contributed by atoms with van der Waals surface area (Å²) in [5, 5.41) is 11.7. The average molecular weight is 387 g/mol. The van der Waals surface area contributed by atoms with Crippen LogP contribution in [-0.2, 0) is 16.0 Å². The summed E-state index contributed by atoms with van der Waals surface area (Å²) in [7, 11) is -4.19. The zero-order valence-corrected chi connectivity index (χ0v) is 14.0. The van der Waals surface area contributed by atoms with Crippen LogP contribution in [0.25, 0.3) is 0 Å². The lowest BCUT2D eigenvalue weighted by molar-refractivity contribution is -0.136. The predicted molar refractivity (Wildman–Crippen MR) is 87.4 cm³/mol. The fourth-order valence-corrected chi connectivity index (χ4v) is 3.12. The summed E-state index contributed by atoms with van der Waals surface area (Å²) in [6, 6.07) is 11.1. The summed E-state index contributed by atoms with van der Waals surface area (Å²) >= 11 is 5.68. The van der Waals surface area contributed by atoms with Crippen molar-refractivity contribution in [2.24, 2.45) is 0 Å². The SMILES string of the molecule is N#CC(=CNc1ccccc1C(F)(F)F)S(=O)(=O)c1ccc(Cl)cc1. The minimum atomic E-state index is -4.63. The number of para-hydroxylation sites is 1. The molecule has 4 nitrogen and oxygen atoms in total. The molecule has 0 amide bonds. The highest BCUT2D eigenvalue weighted by atomic mass is 35.5. The van der Waals surface area contributed by atoms with E-state index in [2.05, 4.69) is 5.32 Å². The van der Waals surface area contributed by atoms with Gasteiger partial charge in [-0.3, -0.25) is 0 Å². The minimum absolute atomic E-state index is 0.199. The summed E-state index contributed by atoms with van der Waals surface area (Å²) in [5.74, 6) is 0. The normalized spacial score (nSPS) is 12.5. The topological polar surface area (TPSA) is 70.0 Å². The van der Waals surface area contributed by atoms with Crippen LogP contribution in [-0.4, -0.2) is 8.42 Å². The number of nitrogens with one attached hydrogen (secondary N) is 1. The molecule has 0 atom stereocenters. The molecule has 1 N–H and O–H groups in total. The van der Waals surface area contributed by atoms with E-state index in [0.29, 0.717) is 5.02 Å². The first-order valence-corrected chi connectivity index (χ1v) is 8.56. The molecule has 25 heavy (non-hydrogen) atoms. The summed E-state index contributed by atoms with van der Waals surface area (Å²) in [6.45, 7) is 0. The minimum Gasteiger partial charge on any atom is -0.359 e. The van der Waals surface area contributed by atoms with Crippen LogP contribution in [0.4, 0.5) is 18.9 Å². The van der Waals surface area contributed by atoms with Crippen molar-refractivity contribution in [1.82, 2.24) is 0 Å². The first-order valence-electron chi connectivity index (χ1n) is 6.70. The van der Waals surface area contributed by atoms with Gasteiger partial charge in [0.15, 0.2) is 4.91 Å². The highest BCUT2D eigenvalue weighted by Crippen LogP contribution is 2.34. The van der Waals surface area contributed by atoms with E-state index >= 15 is 0 Å². The number of alkyl halides is 3. The Balaban J connectivity index is 2.40. The lowest BCUT2D eigenvalue weighted by atomic mass is 10.1. The number of hydrogen-bond acceptors (Lipinski definition) is 4. The maximum atomic E-state index is 12.9. The van der Waals surface area contributed by atoms with Gasteiger partial charge >= 0.3 is 6.18 Å². The summed E-state index contributed by atoms with van der Waals surface area (Å²) < 4.78 is 63.6. The number of sulfone groups is 1. The first-order chi connectivity index (χ1) is 11.7. The van der Waals surface area contributed by atoms with Crippen molar-refractivity contribution in [3.63, 3.8) is 0 Å². The van der Waals surface area contributed by atoms with Gasteiger partial charge in [0.1, 0.15) is 6.07 Å². The van der Waals surface area contributed by atoms with Crippen molar-refractivity contribution < 1.29 is 21.6 Å². The van der Waals surface area contributed by atoms with Crippen LogP contribution in [0.2, 0.25) is 5.02 Å². The molecule has 0 fully saturated rings. The molecule has 0 saturated carbocycles. The van der Waals surface area contributed by atoms with Crippen molar-refractivity contribution in [3.05, 3.63) is 70.2 Å². The molecular weight excluding hydrogens is 377 g/mol. The molecule has 0 aliphatic rings. The summed E-state index contributed by atoms with van der Waals surface area (Å²) in [6.07, 6.45) is -3.90. The molecule has 0 radical (unpaired) electrons. The third kappa shape index (κ3) is 4.32. The lowest BCUT2D eigenvalue weighted by Crippen LogP contribution is -2.10. The van der Waals surface area contributed by atoms with Gasteiger partial charge in [0.25, 0.3) is 0 Å². The van der Waals surface area contributed by atoms with Crippen LogP contribution in [0.1, 0.15) is 5.56 Å².